The lowest BCUT2D eigenvalue weighted by atomic mass is 10.1. The molecule has 0 saturated carbocycles. The first-order chi connectivity index (χ1) is 7.97. The molecule has 0 bridgehead atoms. The van der Waals surface area contributed by atoms with Gasteiger partial charge in [0.05, 0.1) is 0 Å². The molecule has 2 unspecified atom stereocenters. The Bertz CT molecular complexity index is 416. The topological polar surface area (TPSA) is 46.9 Å². The van der Waals surface area contributed by atoms with Gasteiger partial charge in [0.15, 0.2) is 5.82 Å². The maximum atomic E-state index is 12.1. The molecule has 0 saturated heterocycles. The van der Waals surface area contributed by atoms with Crippen LogP contribution in [-0.4, -0.2) is 20.9 Å². The molecule has 0 aliphatic heterocycles. The Morgan fingerprint density at radius 3 is 2.59 bits per heavy atom. The summed E-state index contributed by atoms with van der Waals surface area (Å²) in [6.07, 6.45) is 3.38. The van der Waals surface area contributed by atoms with E-state index in [0.29, 0.717) is 11.7 Å². The van der Waals surface area contributed by atoms with Crippen molar-refractivity contribution in [2.75, 3.05) is 10.6 Å². The largest absolute Gasteiger partial charge is 0.363 e. The number of hydrogen-bond acceptors (Lipinski definition) is 3. The average Bonchev–Trinajstić information content (AvgIpc) is 2.30. The van der Waals surface area contributed by atoms with E-state index < -0.39 is 0 Å². The Labute approximate surface area is 111 Å². The van der Waals surface area contributed by atoms with Crippen molar-refractivity contribution in [2.45, 2.75) is 39.8 Å². The fourth-order valence-electron chi connectivity index (χ4n) is 1.42. The molecule has 17 heavy (non-hydrogen) atoms. The van der Waals surface area contributed by atoms with Crippen molar-refractivity contribution in [3.63, 3.8) is 0 Å². The number of anilines is 1. The Morgan fingerprint density at radius 2 is 2.06 bits per heavy atom. The van der Waals surface area contributed by atoms with Crippen molar-refractivity contribution in [3.05, 3.63) is 22.7 Å². The van der Waals surface area contributed by atoms with Crippen LogP contribution in [0.1, 0.15) is 33.7 Å². The van der Waals surface area contributed by atoms with Crippen LogP contribution >= 0.6 is 15.9 Å². The van der Waals surface area contributed by atoms with Gasteiger partial charge in [0, 0.05) is 29.8 Å². The van der Waals surface area contributed by atoms with Crippen molar-refractivity contribution in [2.24, 2.45) is 5.92 Å². The van der Waals surface area contributed by atoms with Crippen LogP contribution in [0.3, 0.4) is 0 Å². The third-order valence-corrected chi connectivity index (χ3v) is 3.91. The number of rotatable bonds is 5. The summed E-state index contributed by atoms with van der Waals surface area (Å²) < 4.78 is 1.68. The minimum atomic E-state index is -0.0591. The average molecular weight is 302 g/mol. The van der Waals surface area contributed by atoms with Gasteiger partial charge < -0.3 is 9.88 Å². The van der Waals surface area contributed by atoms with Gasteiger partial charge in [-0.05, 0) is 26.7 Å². The number of hydrogen-bond donors (Lipinski definition) is 1. The molecule has 0 aliphatic carbocycles. The van der Waals surface area contributed by atoms with E-state index in [2.05, 4.69) is 40.1 Å². The number of nitrogens with one attached hydrogen (secondary N) is 1. The molecule has 4 nitrogen and oxygen atoms in total. The minimum Gasteiger partial charge on any atom is -0.363 e. The highest BCUT2D eigenvalue weighted by Gasteiger charge is 2.14. The van der Waals surface area contributed by atoms with Crippen molar-refractivity contribution >= 4 is 21.7 Å². The number of nitrogens with zero attached hydrogens (tertiary/aromatic N) is 2. The van der Waals surface area contributed by atoms with E-state index in [9.17, 15) is 4.79 Å². The van der Waals surface area contributed by atoms with Crippen LogP contribution in [0.2, 0.25) is 0 Å². The maximum absolute atomic E-state index is 12.1. The van der Waals surface area contributed by atoms with Gasteiger partial charge in [-0.2, -0.15) is 0 Å². The van der Waals surface area contributed by atoms with E-state index in [1.54, 1.807) is 17.0 Å². The summed E-state index contributed by atoms with van der Waals surface area (Å²) in [4.78, 5) is 16.2. The first-order valence-electron chi connectivity index (χ1n) is 5.87. The van der Waals surface area contributed by atoms with E-state index in [4.69, 9.17) is 0 Å². The Balaban J connectivity index is 2.93. The van der Waals surface area contributed by atoms with Crippen molar-refractivity contribution in [1.82, 2.24) is 9.55 Å². The van der Waals surface area contributed by atoms with Gasteiger partial charge >= 0.3 is 0 Å². The van der Waals surface area contributed by atoms with Crippen molar-refractivity contribution < 1.29 is 0 Å². The van der Waals surface area contributed by atoms with Crippen LogP contribution in [-0.2, 0) is 0 Å². The van der Waals surface area contributed by atoms with Crippen molar-refractivity contribution in [1.29, 1.82) is 0 Å². The van der Waals surface area contributed by atoms with Gasteiger partial charge in [-0.3, -0.25) is 4.79 Å². The summed E-state index contributed by atoms with van der Waals surface area (Å²) in [7, 11) is 0. The highest BCUT2D eigenvalue weighted by Crippen LogP contribution is 2.10. The molecule has 1 N–H and O–H groups in total. The molecule has 0 aliphatic rings. The van der Waals surface area contributed by atoms with Crippen LogP contribution < -0.4 is 10.9 Å². The molecule has 0 fully saturated rings. The zero-order valence-electron chi connectivity index (χ0n) is 10.8. The molecule has 1 aromatic heterocycles. The molecule has 0 spiro atoms. The maximum Gasteiger partial charge on any atom is 0.293 e. The molecule has 0 aromatic carbocycles. The molecule has 2 atom stereocenters. The normalized spacial score (nSPS) is 14.7. The lowest BCUT2D eigenvalue weighted by molar-refractivity contribution is 0.555. The molecule has 0 amide bonds. The summed E-state index contributed by atoms with van der Waals surface area (Å²) in [5.74, 6) is 0.866. The zero-order valence-corrected chi connectivity index (χ0v) is 12.4. The standard InChI is InChI=1S/C12H20BrN3O/c1-8(2)16-6-5-14-11(12(16)17)15-10(4)9(3)7-13/h5-6,8-10H,7H2,1-4H3,(H,14,15). The second-order valence-corrected chi connectivity index (χ2v) is 5.29. The van der Waals surface area contributed by atoms with E-state index >= 15 is 0 Å². The predicted molar refractivity (Wildman–Crippen MR) is 74.9 cm³/mol. The molecule has 5 heteroatoms. The molecule has 0 radical (unpaired) electrons. The monoisotopic (exact) mass is 301 g/mol. The van der Waals surface area contributed by atoms with Crippen LogP contribution in [0, 0.1) is 5.92 Å². The third-order valence-electron chi connectivity index (χ3n) is 2.89. The highest BCUT2D eigenvalue weighted by atomic mass is 79.9. The van der Waals surface area contributed by atoms with Crippen LogP contribution in [0.25, 0.3) is 0 Å². The summed E-state index contributed by atoms with van der Waals surface area (Å²) in [6, 6.07) is 0.354. The Kier molecular flexibility index (Phi) is 5.18. The van der Waals surface area contributed by atoms with Gasteiger partial charge in [0.2, 0.25) is 0 Å². The molecule has 1 heterocycles. The summed E-state index contributed by atoms with van der Waals surface area (Å²) in [6.45, 7) is 8.14. The van der Waals surface area contributed by atoms with E-state index in [0.717, 1.165) is 5.33 Å². The zero-order chi connectivity index (χ0) is 13.0. The highest BCUT2D eigenvalue weighted by molar-refractivity contribution is 9.09. The van der Waals surface area contributed by atoms with Gasteiger partial charge in [-0.15, -0.1) is 0 Å². The second kappa shape index (κ2) is 6.19. The first-order valence-corrected chi connectivity index (χ1v) is 6.99. The van der Waals surface area contributed by atoms with E-state index in [-0.39, 0.29) is 17.6 Å². The van der Waals surface area contributed by atoms with Gasteiger partial charge in [0.25, 0.3) is 5.56 Å². The van der Waals surface area contributed by atoms with E-state index in [1.807, 2.05) is 13.8 Å². The van der Waals surface area contributed by atoms with Crippen LogP contribution in [0.5, 0.6) is 0 Å². The van der Waals surface area contributed by atoms with Gasteiger partial charge in [-0.1, -0.05) is 22.9 Å². The third kappa shape index (κ3) is 3.56. The lowest BCUT2D eigenvalue weighted by Gasteiger charge is -2.20. The summed E-state index contributed by atoms with van der Waals surface area (Å²) in [5.41, 5.74) is -0.0591. The Hall–Kier alpha value is -0.840. The minimum absolute atomic E-state index is 0.0591. The summed E-state index contributed by atoms with van der Waals surface area (Å²) in [5, 5.41) is 4.08. The fourth-order valence-corrected chi connectivity index (χ4v) is 1.98. The van der Waals surface area contributed by atoms with Crippen LogP contribution in [0.15, 0.2) is 17.2 Å². The predicted octanol–water partition coefficient (Wildman–Crippen LogP) is 2.66. The molecule has 1 rings (SSSR count). The smallest absolute Gasteiger partial charge is 0.293 e. The molecular weight excluding hydrogens is 282 g/mol. The molecular formula is C12H20BrN3O. The number of halogens is 1. The molecule has 1 aromatic rings. The lowest BCUT2D eigenvalue weighted by Crippen LogP contribution is -2.32. The second-order valence-electron chi connectivity index (χ2n) is 4.65. The molecule has 96 valence electrons. The number of aromatic nitrogens is 2. The van der Waals surface area contributed by atoms with Gasteiger partial charge in [-0.25, -0.2) is 4.98 Å². The fraction of sp³-hybridized carbons (Fsp3) is 0.667. The van der Waals surface area contributed by atoms with Gasteiger partial charge in [0.1, 0.15) is 0 Å². The van der Waals surface area contributed by atoms with Crippen LogP contribution in [0.4, 0.5) is 5.82 Å². The Morgan fingerprint density at radius 1 is 1.41 bits per heavy atom. The number of alkyl halides is 1. The quantitative estimate of drug-likeness (QED) is 0.851. The van der Waals surface area contributed by atoms with E-state index in [1.165, 1.54) is 0 Å². The first kappa shape index (κ1) is 14.2. The SMILES string of the molecule is CC(CBr)C(C)Nc1nccn(C(C)C)c1=O. The van der Waals surface area contributed by atoms with Crippen molar-refractivity contribution in [3.8, 4) is 0 Å². The summed E-state index contributed by atoms with van der Waals surface area (Å²) >= 11 is 3.44.